The number of para-hydroxylation sites is 2. The number of carbonyl (C=O) groups is 1. The van der Waals surface area contributed by atoms with E-state index in [2.05, 4.69) is 15.5 Å². The van der Waals surface area contributed by atoms with Crippen molar-refractivity contribution in [2.75, 3.05) is 18.2 Å². The Kier molecular flexibility index (Phi) is 5.91. The number of hydrogen-bond donors (Lipinski definition) is 1. The predicted octanol–water partition coefficient (Wildman–Crippen LogP) is 3.93. The van der Waals surface area contributed by atoms with E-state index < -0.39 is 0 Å². The molecule has 1 amide bonds. The number of methoxy groups -OCH3 is 1. The van der Waals surface area contributed by atoms with Gasteiger partial charge >= 0.3 is 0 Å². The molecule has 0 aliphatic rings. The van der Waals surface area contributed by atoms with E-state index in [1.54, 1.807) is 19.2 Å². The number of nitrogens with one attached hydrogen (secondary N) is 1. The minimum atomic E-state index is -0.113. The van der Waals surface area contributed by atoms with Gasteiger partial charge in [-0.15, -0.1) is 11.8 Å². The molecule has 0 bridgehead atoms. The van der Waals surface area contributed by atoms with E-state index in [1.807, 2.05) is 43.3 Å². The highest BCUT2D eigenvalue weighted by Gasteiger charge is 2.11. The van der Waals surface area contributed by atoms with Crippen LogP contribution in [0.2, 0.25) is 0 Å². The van der Waals surface area contributed by atoms with E-state index >= 15 is 0 Å². The van der Waals surface area contributed by atoms with Crippen LogP contribution >= 0.6 is 11.8 Å². The van der Waals surface area contributed by atoms with Crippen molar-refractivity contribution in [1.29, 1.82) is 0 Å². The van der Waals surface area contributed by atoms with Crippen LogP contribution in [0.1, 0.15) is 11.5 Å². The summed E-state index contributed by atoms with van der Waals surface area (Å²) in [5.74, 6) is 2.32. The van der Waals surface area contributed by atoms with E-state index in [0.717, 1.165) is 5.56 Å². The fraction of sp³-hybridized carbons (Fsp3) is 0.211. The SMILES string of the molecule is COc1ccccc1NC(=O)CSCc1nc(-c2ccc(C)cc2)no1. The monoisotopic (exact) mass is 369 g/mol. The molecule has 3 aromatic rings. The van der Waals surface area contributed by atoms with Gasteiger partial charge in [-0.2, -0.15) is 4.98 Å². The van der Waals surface area contributed by atoms with E-state index in [1.165, 1.54) is 17.3 Å². The first-order valence-corrected chi connectivity index (χ1v) is 9.21. The molecular weight excluding hydrogens is 350 g/mol. The van der Waals surface area contributed by atoms with Crippen LogP contribution in [0.3, 0.4) is 0 Å². The predicted molar refractivity (Wildman–Crippen MR) is 102 cm³/mol. The summed E-state index contributed by atoms with van der Waals surface area (Å²) in [6, 6.07) is 15.2. The van der Waals surface area contributed by atoms with E-state index in [4.69, 9.17) is 9.26 Å². The molecule has 0 fully saturated rings. The normalized spacial score (nSPS) is 10.5. The minimum Gasteiger partial charge on any atom is -0.495 e. The van der Waals surface area contributed by atoms with Gasteiger partial charge in [-0.25, -0.2) is 0 Å². The van der Waals surface area contributed by atoms with Crippen molar-refractivity contribution < 1.29 is 14.1 Å². The maximum absolute atomic E-state index is 12.1. The number of benzene rings is 2. The second kappa shape index (κ2) is 8.53. The number of thioether (sulfide) groups is 1. The van der Waals surface area contributed by atoms with Gasteiger partial charge in [-0.1, -0.05) is 47.1 Å². The first kappa shape index (κ1) is 18.0. The third-order valence-electron chi connectivity index (χ3n) is 3.62. The molecule has 0 aliphatic carbocycles. The molecule has 0 aliphatic heterocycles. The average molecular weight is 369 g/mol. The Labute approximate surface area is 156 Å². The van der Waals surface area contributed by atoms with Crippen LogP contribution in [-0.2, 0) is 10.5 Å². The zero-order valence-corrected chi connectivity index (χ0v) is 15.4. The molecule has 0 saturated carbocycles. The van der Waals surface area contributed by atoms with Crippen molar-refractivity contribution in [1.82, 2.24) is 10.1 Å². The summed E-state index contributed by atoms with van der Waals surface area (Å²) in [5.41, 5.74) is 2.73. The van der Waals surface area contributed by atoms with Gasteiger partial charge in [0.2, 0.25) is 17.6 Å². The number of amides is 1. The van der Waals surface area contributed by atoms with Crippen LogP contribution in [0.4, 0.5) is 5.69 Å². The average Bonchev–Trinajstić information content (AvgIpc) is 3.11. The molecule has 1 heterocycles. The van der Waals surface area contributed by atoms with Crippen LogP contribution < -0.4 is 10.1 Å². The fourth-order valence-electron chi connectivity index (χ4n) is 2.30. The van der Waals surface area contributed by atoms with Gasteiger partial charge < -0.3 is 14.6 Å². The molecule has 0 saturated heterocycles. The summed E-state index contributed by atoms with van der Waals surface area (Å²) >= 11 is 1.41. The number of ether oxygens (including phenoxy) is 1. The molecule has 7 heteroatoms. The summed E-state index contributed by atoms with van der Waals surface area (Å²) in [5, 5.41) is 6.82. The van der Waals surface area contributed by atoms with Gasteiger partial charge in [0.15, 0.2) is 0 Å². The molecule has 0 atom stereocenters. The maximum Gasteiger partial charge on any atom is 0.236 e. The summed E-state index contributed by atoms with van der Waals surface area (Å²) in [4.78, 5) is 16.4. The summed E-state index contributed by atoms with van der Waals surface area (Å²) in [7, 11) is 1.57. The second-order valence-electron chi connectivity index (χ2n) is 5.62. The molecule has 3 rings (SSSR count). The molecule has 134 valence electrons. The zero-order chi connectivity index (χ0) is 18.4. The third-order valence-corrected chi connectivity index (χ3v) is 4.53. The van der Waals surface area contributed by atoms with Gasteiger partial charge in [0.05, 0.1) is 24.3 Å². The Morgan fingerprint density at radius 1 is 1.19 bits per heavy atom. The summed E-state index contributed by atoms with van der Waals surface area (Å²) in [6.07, 6.45) is 0. The minimum absolute atomic E-state index is 0.113. The lowest BCUT2D eigenvalue weighted by Gasteiger charge is -2.09. The Morgan fingerprint density at radius 2 is 1.96 bits per heavy atom. The van der Waals surface area contributed by atoms with E-state index in [-0.39, 0.29) is 11.7 Å². The van der Waals surface area contributed by atoms with Gasteiger partial charge in [0.25, 0.3) is 0 Å². The zero-order valence-electron chi connectivity index (χ0n) is 14.6. The molecular formula is C19H19N3O3S. The lowest BCUT2D eigenvalue weighted by Crippen LogP contribution is -2.14. The number of nitrogens with zero attached hydrogens (tertiary/aromatic N) is 2. The quantitative estimate of drug-likeness (QED) is 0.680. The van der Waals surface area contributed by atoms with Crippen molar-refractivity contribution in [2.45, 2.75) is 12.7 Å². The molecule has 0 radical (unpaired) electrons. The summed E-state index contributed by atoms with van der Waals surface area (Å²) < 4.78 is 10.5. The molecule has 1 aromatic heterocycles. The number of aromatic nitrogens is 2. The number of aryl methyl sites for hydroxylation is 1. The smallest absolute Gasteiger partial charge is 0.236 e. The van der Waals surface area contributed by atoms with Crippen molar-refractivity contribution in [3.63, 3.8) is 0 Å². The van der Waals surface area contributed by atoms with Crippen molar-refractivity contribution in [3.8, 4) is 17.1 Å². The van der Waals surface area contributed by atoms with Gasteiger partial charge in [0.1, 0.15) is 5.75 Å². The van der Waals surface area contributed by atoms with Crippen molar-refractivity contribution in [2.24, 2.45) is 0 Å². The lowest BCUT2D eigenvalue weighted by atomic mass is 10.1. The highest BCUT2D eigenvalue weighted by Crippen LogP contribution is 2.23. The number of rotatable bonds is 7. The van der Waals surface area contributed by atoms with E-state index in [9.17, 15) is 4.79 Å². The van der Waals surface area contributed by atoms with Crippen molar-refractivity contribution >= 4 is 23.4 Å². The second-order valence-corrected chi connectivity index (χ2v) is 6.60. The topological polar surface area (TPSA) is 77.2 Å². The molecule has 0 spiro atoms. The first-order valence-electron chi connectivity index (χ1n) is 8.06. The lowest BCUT2D eigenvalue weighted by molar-refractivity contribution is -0.113. The Morgan fingerprint density at radius 3 is 2.73 bits per heavy atom. The summed E-state index contributed by atoms with van der Waals surface area (Å²) in [6.45, 7) is 2.03. The number of hydrogen-bond acceptors (Lipinski definition) is 6. The Hall–Kier alpha value is -2.80. The fourth-order valence-corrected chi connectivity index (χ4v) is 2.95. The maximum atomic E-state index is 12.1. The van der Waals surface area contributed by atoms with Crippen LogP contribution in [0, 0.1) is 6.92 Å². The van der Waals surface area contributed by atoms with Gasteiger partial charge in [0, 0.05) is 5.56 Å². The van der Waals surface area contributed by atoms with Gasteiger partial charge in [-0.3, -0.25) is 4.79 Å². The van der Waals surface area contributed by atoms with Crippen LogP contribution in [0.15, 0.2) is 53.1 Å². The molecule has 2 aromatic carbocycles. The Bertz CT molecular complexity index is 878. The molecule has 0 unspecified atom stereocenters. The van der Waals surface area contributed by atoms with Crippen molar-refractivity contribution in [3.05, 3.63) is 60.0 Å². The van der Waals surface area contributed by atoms with E-state index in [0.29, 0.717) is 28.9 Å². The third kappa shape index (κ3) is 4.64. The Balaban J connectivity index is 1.50. The molecule has 1 N–H and O–H groups in total. The van der Waals surface area contributed by atoms with Crippen LogP contribution in [-0.4, -0.2) is 28.9 Å². The highest BCUT2D eigenvalue weighted by atomic mass is 32.2. The number of anilines is 1. The highest BCUT2D eigenvalue weighted by molar-refractivity contribution is 7.99. The van der Waals surface area contributed by atoms with Gasteiger partial charge in [-0.05, 0) is 19.1 Å². The van der Waals surface area contributed by atoms with Crippen LogP contribution in [0.5, 0.6) is 5.75 Å². The standard InChI is InChI=1S/C19H19N3O3S/c1-13-7-9-14(10-8-13)19-21-18(25-22-19)12-26-11-17(23)20-15-5-3-4-6-16(15)24-2/h3-10H,11-12H2,1-2H3,(H,20,23). The van der Waals surface area contributed by atoms with Crippen LogP contribution in [0.25, 0.3) is 11.4 Å². The number of carbonyl (C=O) groups excluding carboxylic acids is 1. The first-order chi connectivity index (χ1) is 12.7. The molecule has 6 nitrogen and oxygen atoms in total. The largest absolute Gasteiger partial charge is 0.495 e. The molecule has 26 heavy (non-hydrogen) atoms.